The summed E-state index contributed by atoms with van der Waals surface area (Å²) in [5, 5.41) is 3.37. The molecule has 7 atom stereocenters. The predicted octanol–water partition coefficient (Wildman–Crippen LogP) is 5.26. The minimum atomic E-state index is -0.0208. The van der Waals surface area contributed by atoms with Crippen molar-refractivity contribution >= 4 is 5.91 Å². The van der Waals surface area contributed by atoms with E-state index in [9.17, 15) is 4.79 Å². The van der Waals surface area contributed by atoms with Crippen LogP contribution < -0.4 is 10.1 Å². The molecule has 1 aromatic carbocycles. The molecule has 1 saturated heterocycles. The van der Waals surface area contributed by atoms with Crippen molar-refractivity contribution in [2.75, 3.05) is 0 Å². The zero-order valence-electron chi connectivity index (χ0n) is 17.7. The summed E-state index contributed by atoms with van der Waals surface area (Å²) in [5.74, 6) is 3.43. The molecule has 0 radical (unpaired) electrons. The molecule has 0 spiro atoms. The Hall–Kier alpha value is -1.51. The first kappa shape index (κ1) is 18.5. The summed E-state index contributed by atoms with van der Waals surface area (Å²) in [6.45, 7) is 7.09. The van der Waals surface area contributed by atoms with Gasteiger partial charge in [-0.3, -0.25) is 4.79 Å². The van der Waals surface area contributed by atoms with E-state index in [1.807, 2.05) is 0 Å². The number of hydrogen-bond donors (Lipinski definition) is 1. The molecule has 1 amide bonds. The number of piperidine rings is 1. The Morgan fingerprint density at radius 1 is 1.00 bits per heavy atom. The average molecular weight is 382 g/mol. The Labute approximate surface area is 169 Å². The number of fused-ring (bicyclic) bond motifs is 5. The summed E-state index contributed by atoms with van der Waals surface area (Å²) in [4.78, 5) is 12.5. The fourth-order valence-electron chi connectivity index (χ4n) is 7.67. The van der Waals surface area contributed by atoms with Crippen molar-refractivity contribution in [3.05, 3.63) is 29.8 Å². The molecule has 0 bridgehead atoms. The van der Waals surface area contributed by atoms with Gasteiger partial charge in [0.25, 0.3) is 0 Å². The quantitative estimate of drug-likeness (QED) is 0.758. The van der Waals surface area contributed by atoms with Crippen molar-refractivity contribution in [2.45, 2.75) is 84.3 Å². The van der Waals surface area contributed by atoms with E-state index >= 15 is 0 Å². The zero-order chi connectivity index (χ0) is 19.5. The molecule has 1 N–H and O–H groups in total. The summed E-state index contributed by atoms with van der Waals surface area (Å²) in [5.41, 5.74) is 1.84. The van der Waals surface area contributed by atoms with Crippen LogP contribution in [0.3, 0.4) is 0 Å². The smallest absolute Gasteiger partial charge is 0.223 e. The number of ether oxygens (including phenoxy) is 1. The van der Waals surface area contributed by atoms with Crippen LogP contribution in [-0.4, -0.2) is 18.1 Å². The standard InChI is InChI=1S/C25H35NO2/c1-16-6-8-17(9-7-16)28-22-15-23(27)26-21-11-10-18-19-5-4-13-24(19,2)14-12-20(18)25(21,22)3/h6-9,18-22H,4-5,10-15H2,1-3H3,(H,26,27)/t18-,19-,20+,21?,22?,24-,25+/m0/s1. The molecule has 1 aliphatic heterocycles. The van der Waals surface area contributed by atoms with Gasteiger partial charge in [-0.1, -0.05) is 38.0 Å². The predicted molar refractivity (Wildman–Crippen MR) is 111 cm³/mol. The minimum absolute atomic E-state index is 0.0208. The molecule has 1 heterocycles. The number of benzene rings is 1. The Morgan fingerprint density at radius 2 is 1.79 bits per heavy atom. The maximum absolute atomic E-state index is 12.5. The van der Waals surface area contributed by atoms with Crippen molar-refractivity contribution in [1.82, 2.24) is 5.32 Å². The number of amides is 1. The summed E-state index contributed by atoms with van der Waals surface area (Å²) >= 11 is 0. The third kappa shape index (κ3) is 2.72. The van der Waals surface area contributed by atoms with E-state index in [0.29, 0.717) is 17.8 Å². The minimum Gasteiger partial charge on any atom is -0.489 e. The molecule has 4 aliphatic rings. The fourth-order valence-corrected chi connectivity index (χ4v) is 7.67. The third-order valence-electron chi connectivity index (χ3n) is 9.26. The lowest BCUT2D eigenvalue weighted by Crippen LogP contribution is -2.67. The Kier molecular flexibility index (Phi) is 4.30. The van der Waals surface area contributed by atoms with Crippen molar-refractivity contribution < 1.29 is 9.53 Å². The number of nitrogens with one attached hydrogen (secondary N) is 1. The molecule has 3 heteroatoms. The van der Waals surface area contributed by atoms with Gasteiger partial charge in [0.15, 0.2) is 0 Å². The summed E-state index contributed by atoms with van der Waals surface area (Å²) in [6.07, 6.45) is 9.76. The Bertz CT molecular complexity index is 758. The first-order valence-electron chi connectivity index (χ1n) is 11.4. The van der Waals surface area contributed by atoms with Crippen LogP contribution >= 0.6 is 0 Å². The van der Waals surface area contributed by atoms with Crippen molar-refractivity contribution in [1.29, 1.82) is 0 Å². The van der Waals surface area contributed by atoms with Crippen LogP contribution in [0.25, 0.3) is 0 Å². The highest BCUT2D eigenvalue weighted by Crippen LogP contribution is 2.64. The SMILES string of the molecule is Cc1ccc(OC2CC(=O)NC3CC[C@@H]4[C@@H](CC[C@]5(C)CCC[C@@H]45)[C@]32C)cc1. The molecule has 1 aromatic rings. The van der Waals surface area contributed by atoms with E-state index < -0.39 is 0 Å². The number of rotatable bonds is 2. The molecular weight excluding hydrogens is 346 g/mol. The number of carbonyl (C=O) groups excluding carboxylic acids is 1. The van der Waals surface area contributed by atoms with Gasteiger partial charge in [0, 0.05) is 11.5 Å². The van der Waals surface area contributed by atoms with E-state index in [0.717, 1.165) is 24.0 Å². The lowest BCUT2D eigenvalue weighted by Gasteiger charge is -2.61. The molecule has 3 nitrogen and oxygen atoms in total. The van der Waals surface area contributed by atoms with Crippen LogP contribution in [0, 0.1) is 35.5 Å². The normalized spacial score (nSPS) is 44.8. The monoisotopic (exact) mass is 381 g/mol. The van der Waals surface area contributed by atoms with Crippen LogP contribution in [0.5, 0.6) is 5.75 Å². The average Bonchev–Trinajstić information content (AvgIpc) is 3.06. The van der Waals surface area contributed by atoms with E-state index in [1.54, 1.807) is 0 Å². The van der Waals surface area contributed by atoms with Gasteiger partial charge in [0.1, 0.15) is 11.9 Å². The number of hydrogen-bond acceptors (Lipinski definition) is 2. The van der Waals surface area contributed by atoms with Gasteiger partial charge in [-0.15, -0.1) is 0 Å². The topological polar surface area (TPSA) is 38.3 Å². The van der Waals surface area contributed by atoms with Gasteiger partial charge in [-0.25, -0.2) is 0 Å². The fraction of sp³-hybridized carbons (Fsp3) is 0.720. The molecule has 5 rings (SSSR count). The maximum atomic E-state index is 12.5. The molecular formula is C25H35NO2. The van der Waals surface area contributed by atoms with Gasteiger partial charge in [0.05, 0.1) is 6.42 Å². The Morgan fingerprint density at radius 3 is 2.57 bits per heavy atom. The van der Waals surface area contributed by atoms with Crippen LogP contribution in [0.1, 0.15) is 70.8 Å². The van der Waals surface area contributed by atoms with E-state index in [2.05, 4.69) is 50.4 Å². The summed E-state index contributed by atoms with van der Waals surface area (Å²) in [6, 6.07) is 8.60. The maximum Gasteiger partial charge on any atom is 0.223 e. The molecule has 28 heavy (non-hydrogen) atoms. The van der Waals surface area contributed by atoms with Gasteiger partial charge in [-0.2, -0.15) is 0 Å². The molecule has 3 saturated carbocycles. The number of aryl methyl sites for hydroxylation is 1. The Balaban J connectivity index is 1.47. The van der Waals surface area contributed by atoms with E-state index in [-0.39, 0.29) is 23.5 Å². The van der Waals surface area contributed by atoms with Gasteiger partial charge >= 0.3 is 0 Å². The van der Waals surface area contributed by atoms with E-state index in [1.165, 1.54) is 44.1 Å². The van der Waals surface area contributed by atoms with Crippen LogP contribution in [0.4, 0.5) is 0 Å². The molecule has 4 fully saturated rings. The van der Waals surface area contributed by atoms with E-state index in [4.69, 9.17) is 4.74 Å². The lowest BCUT2D eigenvalue weighted by atomic mass is 9.47. The van der Waals surface area contributed by atoms with Crippen molar-refractivity contribution in [2.24, 2.45) is 28.6 Å². The third-order valence-corrected chi connectivity index (χ3v) is 9.26. The highest BCUT2D eigenvalue weighted by molar-refractivity contribution is 5.78. The van der Waals surface area contributed by atoms with Gasteiger partial charge < -0.3 is 10.1 Å². The largest absolute Gasteiger partial charge is 0.489 e. The zero-order valence-corrected chi connectivity index (χ0v) is 17.7. The summed E-state index contributed by atoms with van der Waals surface area (Å²) < 4.78 is 6.58. The first-order valence-corrected chi connectivity index (χ1v) is 11.4. The van der Waals surface area contributed by atoms with Gasteiger partial charge in [0.2, 0.25) is 5.91 Å². The second-order valence-electron chi connectivity index (χ2n) is 10.6. The second kappa shape index (κ2) is 6.50. The van der Waals surface area contributed by atoms with Crippen LogP contribution in [-0.2, 0) is 4.79 Å². The highest BCUT2D eigenvalue weighted by atomic mass is 16.5. The molecule has 2 unspecified atom stereocenters. The highest BCUT2D eigenvalue weighted by Gasteiger charge is 2.61. The molecule has 0 aromatic heterocycles. The summed E-state index contributed by atoms with van der Waals surface area (Å²) in [7, 11) is 0. The second-order valence-corrected chi connectivity index (χ2v) is 10.6. The first-order chi connectivity index (χ1) is 13.4. The van der Waals surface area contributed by atoms with Crippen molar-refractivity contribution in [3.63, 3.8) is 0 Å². The van der Waals surface area contributed by atoms with Crippen LogP contribution in [0.2, 0.25) is 0 Å². The van der Waals surface area contributed by atoms with Gasteiger partial charge in [-0.05, 0) is 80.8 Å². The number of carbonyl (C=O) groups is 1. The molecule has 152 valence electrons. The van der Waals surface area contributed by atoms with Crippen molar-refractivity contribution in [3.8, 4) is 5.75 Å². The van der Waals surface area contributed by atoms with Crippen LogP contribution in [0.15, 0.2) is 24.3 Å². The molecule has 3 aliphatic carbocycles. The lowest BCUT2D eigenvalue weighted by molar-refractivity contribution is -0.155.